The summed E-state index contributed by atoms with van der Waals surface area (Å²) in [7, 11) is 1.95. The number of fused-ring (bicyclic) bond motifs is 1. The number of nitrogens with zero attached hydrogens (tertiary/aromatic N) is 5. The molecule has 26 heavy (non-hydrogen) atoms. The first kappa shape index (κ1) is 16.2. The van der Waals surface area contributed by atoms with Crippen molar-refractivity contribution in [1.82, 2.24) is 24.7 Å². The highest BCUT2D eigenvalue weighted by Gasteiger charge is 2.38. The fourth-order valence-electron chi connectivity index (χ4n) is 2.68. The molecular formula is C17H12F3N5O. The molecule has 0 aliphatic heterocycles. The van der Waals surface area contributed by atoms with Gasteiger partial charge in [0.1, 0.15) is 0 Å². The van der Waals surface area contributed by atoms with Gasteiger partial charge in [0.05, 0.1) is 23.1 Å². The SMILES string of the molecule is Cc1cc2cc(-c3cc(-c4noc(C(F)(F)F)n4)ccn3)ncc2n1C. The zero-order valence-corrected chi connectivity index (χ0v) is 13.7. The van der Waals surface area contributed by atoms with Crippen LogP contribution in [0.2, 0.25) is 0 Å². The van der Waals surface area contributed by atoms with Gasteiger partial charge < -0.3 is 9.09 Å². The van der Waals surface area contributed by atoms with E-state index in [0.29, 0.717) is 17.0 Å². The summed E-state index contributed by atoms with van der Waals surface area (Å²) in [6.07, 6.45) is -1.47. The Morgan fingerprint density at radius 3 is 2.58 bits per heavy atom. The van der Waals surface area contributed by atoms with Gasteiger partial charge in [-0.05, 0) is 31.2 Å². The second-order valence-corrected chi connectivity index (χ2v) is 5.82. The minimum atomic E-state index is -4.68. The third-order valence-corrected chi connectivity index (χ3v) is 4.12. The van der Waals surface area contributed by atoms with Gasteiger partial charge in [0.2, 0.25) is 5.82 Å². The van der Waals surface area contributed by atoms with E-state index < -0.39 is 12.1 Å². The summed E-state index contributed by atoms with van der Waals surface area (Å²) in [5.41, 5.74) is 3.54. The molecule has 0 atom stereocenters. The second kappa shape index (κ2) is 5.65. The van der Waals surface area contributed by atoms with Gasteiger partial charge in [0.25, 0.3) is 0 Å². The Bertz CT molecular complexity index is 1110. The average molecular weight is 359 g/mol. The molecule has 0 aliphatic carbocycles. The quantitative estimate of drug-likeness (QED) is 0.541. The number of halogens is 3. The number of pyridine rings is 2. The molecule has 0 aromatic carbocycles. The summed E-state index contributed by atoms with van der Waals surface area (Å²) >= 11 is 0. The van der Waals surface area contributed by atoms with Crippen LogP contribution in [0.15, 0.2) is 41.2 Å². The lowest BCUT2D eigenvalue weighted by molar-refractivity contribution is -0.159. The monoisotopic (exact) mass is 359 g/mol. The van der Waals surface area contributed by atoms with E-state index in [-0.39, 0.29) is 5.82 Å². The Morgan fingerprint density at radius 2 is 1.85 bits per heavy atom. The highest BCUT2D eigenvalue weighted by molar-refractivity contribution is 5.84. The predicted octanol–water partition coefficient (Wildman–Crippen LogP) is 4.01. The number of aryl methyl sites for hydroxylation is 2. The zero-order chi connectivity index (χ0) is 18.5. The minimum Gasteiger partial charge on any atom is -0.347 e. The van der Waals surface area contributed by atoms with Crippen LogP contribution in [0.25, 0.3) is 33.7 Å². The maximum absolute atomic E-state index is 12.6. The van der Waals surface area contributed by atoms with Crippen LogP contribution < -0.4 is 0 Å². The predicted molar refractivity (Wildman–Crippen MR) is 87.0 cm³/mol. The highest BCUT2D eigenvalue weighted by Crippen LogP contribution is 2.30. The van der Waals surface area contributed by atoms with Crippen LogP contribution in [-0.4, -0.2) is 24.7 Å². The fraction of sp³-hybridized carbons (Fsp3) is 0.176. The first-order valence-electron chi connectivity index (χ1n) is 7.63. The van der Waals surface area contributed by atoms with Crippen LogP contribution in [0.3, 0.4) is 0 Å². The summed E-state index contributed by atoms with van der Waals surface area (Å²) in [6.45, 7) is 1.99. The lowest BCUT2D eigenvalue weighted by Gasteiger charge is -2.03. The van der Waals surface area contributed by atoms with E-state index in [1.807, 2.05) is 30.7 Å². The molecule has 0 N–H and O–H groups in total. The number of alkyl halides is 3. The fourth-order valence-corrected chi connectivity index (χ4v) is 2.68. The topological polar surface area (TPSA) is 69.6 Å². The van der Waals surface area contributed by atoms with Crippen LogP contribution in [0, 0.1) is 6.92 Å². The van der Waals surface area contributed by atoms with Crippen molar-refractivity contribution in [2.24, 2.45) is 7.05 Å². The number of hydrogen-bond acceptors (Lipinski definition) is 5. The number of aromatic nitrogens is 5. The van der Waals surface area contributed by atoms with E-state index in [0.717, 1.165) is 16.6 Å². The first-order chi connectivity index (χ1) is 12.3. The molecule has 132 valence electrons. The van der Waals surface area contributed by atoms with E-state index in [1.165, 1.54) is 12.3 Å². The van der Waals surface area contributed by atoms with Gasteiger partial charge in [-0.2, -0.15) is 18.2 Å². The van der Waals surface area contributed by atoms with Gasteiger partial charge in [-0.3, -0.25) is 9.97 Å². The molecule has 0 fully saturated rings. The summed E-state index contributed by atoms with van der Waals surface area (Å²) < 4.78 is 44.2. The normalized spacial score (nSPS) is 12.0. The Balaban J connectivity index is 1.75. The zero-order valence-electron chi connectivity index (χ0n) is 13.7. The molecule has 0 unspecified atom stereocenters. The van der Waals surface area contributed by atoms with Crippen LogP contribution in [0.5, 0.6) is 0 Å². The summed E-state index contributed by atoms with van der Waals surface area (Å²) in [6, 6.07) is 7.00. The lowest BCUT2D eigenvalue weighted by Crippen LogP contribution is -2.04. The van der Waals surface area contributed by atoms with Crippen molar-refractivity contribution >= 4 is 10.9 Å². The molecule has 0 spiro atoms. The Labute approximate surface area is 145 Å². The van der Waals surface area contributed by atoms with Crippen LogP contribution in [-0.2, 0) is 13.2 Å². The third kappa shape index (κ3) is 2.71. The molecule has 4 aromatic heterocycles. The maximum atomic E-state index is 12.6. The molecule has 9 heteroatoms. The Morgan fingerprint density at radius 1 is 1.08 bits per heavy atom. The van der Waals surface area contributed by atoms with Crippen molar-refractivity contribution < 1.29 is 17.7 Å². The molecule has 0 radical (unpaired) electrons. The first-order valence-corrected chi connectivity index (χ1v) is 7.63. The van der Waals surface area contributed by atoms with Gasteiger partial charge in [-0.15, -0.1) is 0 Å². The molecule has 0 bridgehead atoms. The average Bonchev–Trinajstić information content (AvgIpc) is 3.21. The van der Waals surface area contributed by atoms with Crippen molar-refractivity contribution in [3.8, 4) is 22.8 Å². The van der Waals surface area contributed by atoms with Gasteiger partial charge >= 0.3 is 12.1 Å². The summed E-state index contributed by atoms with van der Waals surface area (Å²) in [4.78, 5) is 12.0. The van der Waals surface area contributed by atoms with Crippen molar-refractivity contribution in [3.05, 3.63) is 48.2 Å². The van der Waals surface area contributed by atoms with E-state index in [1.54, 1.807) is 12.3 Å². The molecule has 0 amide bonds. The Hall–Kier alpha value is -3.23. The van der Waals surface area contributed by atoms with Crippen molar-refractivity contribution in [2.75, 3.05) is 0 Å². The maximum Gasteiger partial charge on any atom is 0.471 e. The minimum absolute atomic E-state index is 0.155. The van der Waals surface area contributed by atoms with E-state index in [9.17, 15) is 13.2 Å². The van der Waals surface area contributed by atoms with Gasteiger partial charge in [0, 0.05) is 29.9 Å². The number of hydrogen-bond donors (Lipinski definition) is 0. The van der Waals surface area contributed by atoms with Crippen LogP contribution in [0.4, 0.5) is 13.2 Å². The Kier molecular flexibility index (Phi) is 3.53. The second-order valence-electron chi connectivity index (χ2n) is 5.82. The smallest absolute Gasteiger partial charge is 0.347 e. The standard InChI is InChI=1S/C17H12F3N5O/c1-9-5-11-7-13(22-8-14(11)25(9)2)12-6-10(3-4-21-12)15-23-16(26-24-15)17(18,19)20/h3-8H,1-2H3. The summed E-state index contributed by atoms with van der Waals surface area (Å²) in [5.74, 6) is -1.54. The molecule has 6 nitrogen and oxygen atoms in total. The van der Waals surface area contributed by atoms with Crippen molar-refractivity contribution in [3.63, 3.8) is 0 Å². The molecule has 4 heterocycles. The lowest BCUT2D eigenvalue weighted by atomic mass is 10.1. The van der Waals surface area contributed by atoms with E-state index >= 15 is 0 Å². The third-order valence-electron chi connectivity index (χ3n) is 4.12. The molecule has 0 aliphatic rings. The molecule has 4 aromatic rings. The molecular weight excluding hydrogens is 347 g/mol. The van der Waals surface area contributed by atoms with Crippen LogP contribution in [0.1, 0.15) is 11.6 Å². The van der Waals surface area contributed by atoms with E-state index in [2.05, 4.69) is 24.6 Å². The van der Waals surface area contributed by atoms with Gasteiger partial charge in [-0.25, -0.2) is 0 Å². The van der Waals surface area contributed by atoms with E-state index in [4.69, 9.17) is 0 Å². The van der Waals surface area contributed by atoms with Gasteiger partial charge in [-0.1, -0.05) is 5.16 Å². The van der Waals surface area contributed by atoms with Gasteiger partial charge in [0.15, 0.2) is 0 Å². The summed E-state index contributed by atoms with van der Waals surface area (Å²) in [5, 5.41) is 4.40. The van der Waals surface area contributed by atoms with Crippen LogP contribution >= 0.6 is 0 Å². The molecule has 0 saturated carbocycles. The molecule has 4 rings (SSSR count). The molecule has 0 saturated heterocycles. The van der Waals surface area contributed by atoms with Crippen molar-refractivity contribution in [1.29, 1.82) is 0 Å². The highest BCUT2D eigenvalue weighted by atomic mass is 19.4. The van der Waals surface area contributed by atoms with Crippen molar-refractivity contribution in [2.45, 2.75) is 13.1 Å². The largest absolute Gasteiger partial charge is 0.471 e. The number of rotatable bonds is 2.